The smallest absolute Gasteiger partial charge is 0.305 e. The molecule has 0 aliphatic heterocycles. The molecule has 2 N–H and O–H groups in total. The third-order valence-corrected chi connectivity index (χ3v) is 2.94. The Kier molecular flexibility index (Phi) is 4.30. The van der Waals surface area contributed by atoms with Gasteiger partial charge in [0, 0.05) is 24.2 Å². The molecule has 1 aromatic heterocycles. The Morgan fingerprint density at radius 3 is 2.84 bits per heavy atom. The van der Waals surface area contributed by atoms with Crippen LogP contribution in [0.1, 0.15) is 24.4 Å². The molecule has 1 unspecified atom stereocenters. The predicted octanol–water partition coefficient (Wildman–Crippen LogP) is 1.83. The number of ether oxygens (including phenoxy) is 1. The summed E-state index contributed by atoms with van der Waals surface area (Å²) in [6.45, 7) is 0. The monoisotopic (exact) mass is 259 g/mol. The molecule has 0 saturated carbocycles. The van der Waals surface area contributed by atoms with Gasteiger partial charge in [-0.05, 0) is 18.6 Å². The maximum atomic E-state index is 11.1. The van der Waals surface area contributed by atoms with Gasteiger partial charge >= 0.3 is 5.97 Å². The van der Waals surface area contributed by atoms with Crippen LogP contribution in [0.3, 0.4) is 0 Å². The lowest BCUT2D eigenvalue weighted by atomic mass is 10.1. The average molecular weight is 259 g/mol. The number of methoxy groups -OCH3 is 1. The number of benzene rings is 1. The molecule has 0 aliphatic carbocycles. The summed E-state index contributed by atoms with van der Waals surface area (Å²) in [4.78, 5) is 11.1. The maximum Gasteiger partial charge on any atom is 0.305 e. The Labute approximate surface area is 112 Å². The molecule has 0 aliphatic rings. The summed E-state index contributed by atoms with van der Waals surface area (Å²) in [5.74, 6) is -0.245. The van der Waals surface area contributed by atoms with E-state index in [1.807, 2.05) is 36.5 Å². The number of carbonyl (C=O) groups is 1. The van der Waals surface area contributed by atoms with E-state index in [1.165, 1.54) is 7.11 Å². The minimum absolute atomic E-state index is 0.212. The van der Waals surface area contributed by atoms with Gasteiger partial charge in [-0.25, -0.2) is 4.68 Å². The fourth-order valence-corrected chi connectivity index (χ4v) is 1.79. The zero-order chi connectivity index (χ0) is 13.7. The first-order valence-corrected chi connectivity index (χ1v) is 6.13. The van der Waals surface area contributed by atoms with Gasteiger partial charge in [0.2, 0.25) is 0 Å². The number of nitrogens with zero attached hydrogens (tertiary/aromatic N) is 2. The molecule has 19 heavy (non-hydrogen) atoms. The highest BCUT2D eigenvalue weighted by Gasteiger charge is 2.11. The number of nitrogens with two attached hydrogens (primary N) is 1. The van der Waals surface area contributed by atoms with Gasteiger partial charge in [0.15, 0.2) is 0 Å². The maximum absolute atomic E-state index is 11.1. The number of esters is 1. The van der Waals surface area contributed by atoms with Crippen LogP contribution in [0, 0.1) is 0 Å². The van der Waals surface area contributed by atoms with Gasteiger partial charge in [-0.15, -0.1) is 0 Å². The molecule has 1 heterocycles. The van der Waals surface area contributed by atoms with E-state index in [2.05, 4.69) is 9.84 Å². The van der Waals surface area contributed by atoms with Crippen molar-refractivity contribution in [2.75, 3.05) is 7.11 Å². The van der Waals surface area contributed by atoms with E-state index in [0.717, 1.165) is 11.3 Å². The van der Waals surface area contributed by atoms with Crippen molar-refractivity contribution in [3.63, 3.8) is 0 Å². The molecule has 100 valence electrons. The quantitative estimate of drug-likeness (QED) is 0.831. The summed E-state index contributed by atoms with van der Waals surface area (Å²) in [7, 11) is 1.38. The van der Waals surface area contributed by atoms with E-state index >= 15 is 0 Å². The highest BCUT2D eigenvalue weighted by molar-refractivity contribution is 5.69. The van der Waals surface area contributed by atoms with Gasteiger partial charge < -0.3 is 10.5 Å². The Bertz CT molecular complexity index is 537. The Morgan fingerprint density at radius 1 is 1.42 bits per heavy atom. The molecule has 1 aromatic carbocycles. The zero-order valence-electron chi connectivity index (χ0n) is 10.8. The Morgan fingerprint density at radius 2 is 2.16 bits per heavy atom. The molecular weight excluding hydrogens is 242 g/mol. The number of para-hydroxylation sites is 1. The van der Waals surface area contributed by atoms with Crippen molar-refractivity contribution in [2.45, 2.75) is 18.9 Å². The second-order valence-electron chi connectivity index (χ2n) is 4.28. The first-order valence-electron chi connectivity index (χ1n) is 6.13. The largest absolute Gasteiger partial charge is 0.469 e. The lowest BCUT2D eigenvalue weighted by molar-refractivity contribution is -0.140. The first kappa shape index (κ1) is 13.3. The van der Waals surface area contributed by atoms with E-state index < -0.39 is 0 Å². The van der Waals surface area contributed by atoms with Crippen molar-refractivity contribution >= 4 is 5.97 Å². The molecule has 0 amide bonds. The molecule has 0 radical (unpaired) electrons. The predicted molar refractivity (Wildman–Crippen MR) is 71.7 cm³/mol. The SMILES string of the molecule is COC(=O)CCC(N)c1cnn(-c2ccccc2)c1. The highest BCUT2D eigenvalue weighted by atomic mass is 16.5. The van der Waals surface area contributed by atoms with Crippen LogP contribution in [0.25, 0.3) is 5.69 Å². The second-order valence-corrected chi connectivity index (χ2v) is 4.28. The third-order valence-electron chi connectivity index (χ3n) is 2.94. The number of hydrogen-bond acceptors (Lipinski definition) is 4. The van der Waals surface area contributed by atoms with Gasteiger partial charge in [0.1, 0.15) is 0 Å². The van der Waals surface area contributed by atoms with Crippen molar-refractivity contribution in [1.82, 2.24) is 9.78 Å². The zero-order valence-corrected chi connectivity index (χ0v) is 10.8. The van der Waals surface area contributed by atoms with Crippen LogP contribution in [-0.4, -0.2) is 22.9 Å². The first-order chi connectivity index (χ1) is 9.20. The molecule has 2 rings (SSSR count). The molecule has 0 fully saturated rings. The normalized spacial score (nSPS) is 12.1. The van der Waals surface area contributed by atoms with E-state index in [0.29, 0.717) is 12.8 Å². The van der Waals surface area contributed by atoms with Crippen molar-refractivity contribution < 1.29 is 9.53 Å². The van der Waals surface area contributed by atoms with Gasteiger partial charge in [-0.3, -0.25) is 4.79 Å². The van der Waals surface area contributed by atoms with E-state index in [9.17, 15) is 4.79 Å². The van der Waals surface area contributed by atoms with Gasteiger partial charge in [-0.1, -0.05) is 18.2 Å². The summed E-state index contributed by atoms with van der Waals surface area (Å²) < 4.78 is 6.37. The van der Waals surface area contributed by atoms with Crippen LogP contribution in [0.5, 0.6) is 0 Å². The fraction of sp³-hybridized carbons (Fsp3) is 0.286. The van der Waals surface area contributed by atoms with Crippen LogP contribution < -0.4 is 5.73 Å². The standard InChI is InChI=1S/C14H17N3O2/c1-19-14(18)8-7-13(15)11-9-16-17(10-11)12-5-3-2-4-6-12/h2-6,9-10,13H,7-8,15H2,1H3. The fourth-order valence-electron chi connectivity index (χ4n) is 1.79. The Balaban J connectivity index is 2.03. The molecule has 0 bridgehead atoms. The van der Waals surface area contributed by atoms with E-state index in [1.54, 1.807) is 10.9 Å². The van der Waals surface area contributed by atoms with Crippen LogP contribution in [0.15, 0.2) is 42.7 Å². The molecule has 1 atom stereocenters. The molecule has 0 saturated heterocycles. The van der Waals surface area contributed by atoms with Crippen LogP contribution in [-0.2, 0) is 9.53 Å². The van der Waals surface area contributed by atoms with Crippen molar-refractivity contribution in [3.05, 3.63) is 48.3 Å². The molecule has 5 heteroatoms. The van der Waals surface area contributed by atoms with Gasteiger partial charge in [0.25, 0.3) is 0 Å². The molecule has 2 aromatic rings. The van der Waals surface area contributed by atoms with Gasteiger partial charge in [-0.2, -0.15) is 5.10 Å². The molecular formula is C14H17N3O2. The summed E-state index contributed by atoms with van der Waals surface area (Å²) in [6, 6.07) is 9.59. The van der Waals surface area contributed by atoms with Crippen LogP contribution in [0.4, 0.5) is 0 Å². The lowest BCUT2D eigenvalue weighted by Crippen LogP contribution is -2.12. The summed E-state index contributed by atoms with van der Waals surface area (Å²) >= 11 is 0. The van der Waals surface area contributed by atoms with E-state index in [-0.39, 0.29) is 12.0 Å². The summed E-state index contributed by atoms with van der Waals surface area (Å²) in [6.07, 6.45) is 4.48. The van der Waals surface area contributed by atoms with Crippen LogP contribution in [0.2, 0.25) is 0 Å². The van der Waals surface area contributed by atoms with Gasteiger partial charge in [0.05, 0.1) is 19.0 Å². The lowest BCUT2D eigenvalue weighted by Gasteiger charge is -2.07. The minimum Gasteiger partial charge on any atom is -0.469 e. The second kappa shape index (κ2) is 6.15. The minimum atomic E-state index is -0.245. The average Bonchev–Trinajstić information content (AvgIpc) is 2.95. The van der Waals surface area contributed by atoms with Crippen LogP contribution >= 0.6 is 0 Å². The molecule has 5 nitrogen and oxygen atoms in total. The highest BCUT2D eigenvalue weighted by Crippen LogP contribution is 2.17. The van der Waals surface area contributed by atoms with Crippen molar-refractivity contribution in [1.29, 1.82) is 0 Å². The number of aromatic nitrogens is 2. The topological polar surface area (TPSA) is 70.1 Å². The molecule has 0 spiro atoms. The third kappa shape index (κ3) is 3.42. The number of hydrogen-bond donors (Lipinski definition) is 1. The summed E-state index contributed by atoms with van der Waals surface area (Å²) in [5.41, 5.74) is 7.92. The van der Waals surface area contributed by atoms with Crippen molar-refractivity contribution in [2.24, 2.45) is 5.73 Å². The van der Waals surface area contributed by atoms with E-state index in [4.69, 9.17) is 5.73 Å². The summed E-state index contributed by atoms with van der Waals surface area (Å²) in [5, 5.41) is 4.28. The Hall–Kier alpha value is -2.14. The number of carbonyl (C=O) groups excluding carboxylic acids is 1. The van der Waals surface area contributed by atoms with Crippen molar-refractivity contribution in [3.8, 4) is 5.69 Å². The number of rotatable bonds is 5.